The number of aromatic nitrogens is 4. The molecule has 0 saturated carbocycles. The van der Waals surface area contributed by atoms with Crippen LogP contribution in [-0.2, 0) is 34.5 Å². The van der Waals surface area contributed by atoms with Gasteiger partial charge < -0.3 is 9.30 Å². The molecule has 168 valence electrons. The molecule has 2 aromatic heterocycles. The van der Waals surface area contributed by atoms with Gasteiger partial charge in [0.25, 0.3) is 6.33 Å². The van der Waals surface area contributed by atoms with Crippen LogP contribution in [0.5, 0.6) is 0 Å². The van der Waals surface area contributed by atoms with Gasteiger partial charge in [-0.2, -0.15) is 17.2 Å². The second-order valence-corrected chi connectivity index (χ2v) is 9.91. The number of rotatable bonds is 6. The Balaban J connectivity index is 1.73. The first-order valence-corrected chi connectivity index (χ1v) is 11.5. The number of benzene rings is 1. The minimum Gasteiger partial charge on any atom is -0.381 e. The van der Waals surface area contributed by atoms with E-state index >= 15 is 0 Å². The molecule has 0 aliphatic carbocycles. The van der Waals surface area contributed by atoms with Crippen molar-refractivity contribution in [3.63, 3.8) is 0 Å². The third-order valence-electron chi connectivity index (χ3n) is 5.63. The Kier molecular flexibility index (Phi) is 5.50. The molecule has 0 atom stereocenters. The maximum Gasteiger partial charge on any atom is 0.403 e. The van der Waals surface area contributed by atoms with E-state index in [-0.39, 0.29) is 11.7 Å². The van der Waals surface area contributed by atoms with Gasteiger partial charge in [0.15, 0.2) is 5.82 Å². The summed E-state index contributed by atoms with van der Waals surface area (Å²) < 4.78 is 65.3. The molecule has 0 N–H and O–H groups in total. The number of fused-ring (bicyclic) bond motifs is 1. The lowest BCUT2D eigenvalue weighted by Crippen LogP contribution is -2.33. The van der Waals surface area contributed by atoms with Crippen LogP contribution < -0.4 is 8.87 Å². The number of nitrogens with zero attached hydrogens (tertiary/aromatic N) is 5. The zero-order valence-electron chi connectivity index (χ0n) is 17.7. The number of anilines is 1. The summed E-state index contributed by atoms with van der Waals surface area (Å²) in [5.74, 6) is -3.21. The first-order valence-electron chi connectivity index (χ1n) is 10.1. The third kappa shape index (κ3) is 4.16. The first kappa shape index (κ1) is 21.7. The van der Waals surface area contributed by atoms with Gasteiger partial charge >= 0.3 is 16.1 Å². The van der Waals surface area contributed by atoms with Gasteiger partial charge in [-0.3, -0.25) is 0 Å². The molecule has 0 unspecified atom stereocenters. The van der Waals surface area contributed by atoms with Gasteiger partial charge in [-0.15, -0.1) is 3.97 Å². The van der Waals surface area contributed by atoms with Gasteiger partial charge in [-0.1, -0.05) is 0 Å². The first-order chi connectivity index (χ1) is 14.6. The Bertz CT molecular complexity index is 1190. The summed E-state index contributed by atoms with van der Waals surface area (Å²) in [5, 5.41) is 0. The van der Waals surface area contributed by atoms with Crippen LogP contribution >= 0.6 is 0 Å². The van der Waals surface area contributed by atoms with Crippen molar-refractivity contribution in [2.75, 3.05) is 24.6 Å². The minimum atomic E-state index is -3.86. The summed E-state index contributed by atoms with van der Waals surface area (Å²) in [6.07, 6.45) is 6.09. The molecule has 0 amide bonds. The largest absolute Gasteiger partial charge is 0.403 e. The summed E-state index contributed by atoms with van der Waals surface area (Å²) in [5.41, 5.74) is 1.23. The number of ether oxygens (including phenoxy) is 1. The van der Waals surface area contributed by atoms with Crippen LogP contribution in [0, 0.1) is 5.92 Å². The smallest absolute Gasteiger partial charge is 0.381 e. The van der Waals surface area contributed by atoms with E-state index in [1.807, 2.05) is 0 Å². The molecule has 1 saturated heterocycles. The molecule has 8 nitrogen and oxygen atoms in total. The van der Waals surface area contributed by atoms with Crippen molar-refractivity contribution in [3.8, 4) is 0 Å². The molecule has 4 rings (SSSR count). The van der Waals surface area contributed by atoms with Gasteiger partial charge in [0.1, 0.15) is 12.4 Å². The normalized spacial score (nSPS) is 16.2. The fraction of sp³-hybridized carbons (Fsp3) is 0.500. The molecule has 0 bridgehead atoms. The van der Waals surface area contributed by atoms with E-state index in [0.717, 1.165) is 28.0 Å². The summed E-state index contributed by atoms with van der Waals surface area (Å²) in [6, 6.07) is 4.81. The van der Waals surface area contributed by atoms with Gasteiger partial charge in [0.05, 0.1) is 23.8 Å². The quantitative estimate of drug-likeness (QED) is 0.537. The van der Waals surface area contributed by atoms with Crippen LogP contribution in [-0.4, -0.2) is 42.2 Å². The third-order valence-corrected chi connectivity index (χ3v) is 7.28. The fourth-order valence-electron chi connectivity index (χ4n) is 3.86. The molecule has 3 heterocycles. The Morgan fingerprint density at radius 3 is 2.65 bits per heavy atom. The maximum absolute atomic E-state index is 14.4. The highest BCUT2D eigenvalue weighted by molar-refractivity contribution is 7.91. The molecule has 1 aliphatic heterocycles. The minimum absolute atomic E-state index is 0.226. The van der Waals surface area contributed by atoms with Gasteiger partial charge in [-0.25, -0.2) is 13.9 Å². The van der Waals surface area contributed by atoms with Crippen molar-refractivity contribution in [1.29, 1.82) is 0 Å². The number of alkyl halides is 2. The Hall–Kier alpha value is -2.53. The van der Waals surface area contributed by atoms with Crippen LogP contribution in [0.2, 0.25) is 0 Å². The van der Waals surface area contributed by atoms with Crippen molar-refractivity contribution >= 4 is 26.9 Å². The van der Waals surface area contributed by atoms with Crippen LogP contribution in [0.4, 0.5) is 14.5 Å². The lowest BCUT2D eigenvalue weighted by molar-refractivity contribution is -0.670. The summed E-state index contributed by atoms with van der Waals surface area (Å²) in [7, 11) is -0.722. The molecule has 0 radical (unpaired) electrons. The van der Waals surface area contributed by atoms with Crippen LogP contribution in [0.25, 0.3) is 11.0 Å². The second-order valence-electron chi connectivity index (χ2n) is 8.05. The molecule has 0 spiro atoms. The number of halogens is 2. The number of hydrogen-bond acceptors (Lipinski definition) is 4. The van der Waals surface area contributed by atoms with E-state index in [2.05, 4.69) is 4.98 Å². The molecule has 31 heavy (non-hydrogen) atoms. The summed E-state index contributed by atoms with van der Waals surface area (Å²) >= 11 is 0. The highest BCUT2D eigenvalue weighted by Crippen LogP contribution is 2.33. The van der Waals surface area contributed by atoms with Crippen molar-refractivity contribution in [1.82, 2.24) is 13.5 Å². The average molecular weight is 455 g/mol. The van der Waals surface area contributed by atoms with E-state index in [4.69, 9.17) is 4.74 Å². The van der Waals surface area contributed by atoms with Crippen molar-refractivity contribution in [3.05, 3.63) is 42.7 Å². The number of aryl methyl sites for hydroxylation is 1. The molecule has 11 heteroatoms. The molecule has 1 aromatic carbocycles. The maximum atomic E-state index is 14.4. The van der Waals surface area contributed by atoms with E-state index in [0.29, 0.717) is 36.5 Å². The van der Waals surface area contributed by atoms with E-state index in [1.54, 1.807) is 34.5 Å². The SMILES string of the molecule is CN(c1ccc2c(c1)nc(C(C)(F)F)n2CC1CCOCC1)S(=O)(=O)n1cc[n+](C)c1. The van der Waals surface area contributed by atoms with Gasteiger partial charge in [-0.05, 0) is 37.0 Å². The van der Waals surface area contributed by atoms with Crippen molar-refractivity contribution in [2.45, 2.75) is 32.2 Å². The molecule has 3 aromatic rings. The highest BCUT2D eigenvalue weighted by Gasteiger charge is 2.33. The second kappa shape index (κ2) is 7.86. The predicted octanol–water partition coefficient (Wildman–Crippen LogP) is 2.43. The Morgan fingerprint density at radius 2 is 2.03 bits per heavy atom. The van der Waals surface area contributed by atoms with Gasteiger partial charge in [0, 0.05) is 33.7 Å². The molecular weight excluding hydrogens is 428 g/mol. The van der Waals surface area contributed by atoms with E-state index < -0.39 is 16.1 Å². The predicted molar refractivity (Wildman–Crippen MR) is 111 cm³/mol. The monoisotopic (exact) mass is 454 g/mol. The topological polar surface area (TPSA) is 73.2 Å². The van der Waals surface area contributed by atoms with Crippen LogP contribution in [0.15, 0.2) is 36.9 Å². The Labute approximate surface area is 179 Å². The number of hydrogen-bond donors (Lipinski definition) is 0. The van der Waals surface area contributed by atoms with Crippen LogP contribution in [0.3, 0.4) is 0 Å². The molecule has 1 fully saturated rings. The Morgan fingerprint density at radius 1 is 1.32 bits per heavy atom. The molecule has 1 aliphatic rings. The van der Waals surface area contributed by atoms with Crippen molar-refractivity contribution < 1.29 is 26.5 Å². The zero-order chi connectivity index (χ0) is 22.4. The van der Waals surface area contributed by atoms with Crippen molar-refractivity contribution in [2.24, 2.45) is 13.0 Å². The summed E-state index contributed by atoms with van der Waals surface area (Å²) in [4.78, 5) is 4.20. The zero-order valence-corrected chi connectivity index (χ0v) is 18.5. The summed E-state index contributed by atoms with van der Waals surface area (Å²) in [6.45, 7) is 2.50. The standard InChI is InChI=1S/C20H26F2N5O3S/c1-20(21,22)19-23-17-12-16(25(3)31(28,29)26-9-8-24(2)14-26)4-5-18(17)27(19)13-15-6-10-30-11-7-15/h4-5,8-9,12,14-15H,6-7,10-11,13H2,1-3H3/q+1. The van der Waals surface area contributed by atoms with E-state index in [9.17, 15) is 17.2 Å². The lowest BCUT2D eigenvalue weighted by atomic mass is 10.00. The lowest BCUT2D eigenvalue weighted by Gasteiger charge is -2.24. The highest BCUT2D eigenvalue weighted by atomic mass is 32.2. The number of imidazole rings is 2. The fourth-order valence-corrected chi connectivity index (χ4v) is 5.00. The van der Waals surface area contributed by atoms with Gasteiger partial charge in [0.2, 0.25) is 0 Å². The van der Waals surface area contributed by atoms with E-state index in [1.165, 1.54) is 25.6 Å². The molecular formula is C20H26F2N5O3S+. The average Bonchev–Trinajstić information content (AvgIpc) is 3.32. The van der Waals surface area contributed by atoms with Crippen LogP contribution in [0.1, 0.15) is 25.6 Å².